The number of amides is 2. The standard InChI is InChI=1S/C10H13ClN2O4/c1-5(14)4-6-7(11)8(9(15)17-3)12-10(16)13(6)2/h6-7H,4H2,1-3H3. The maximum absolute atomic E-state index is 11.5. The molecule has 0 radical (unpaired) electrons. The number of hydrogen-bond donors (Lipinski definition) is 0. The summed E-state index contributed by atoms with van der Waals surface area (Å²) in [5.41, 5.74) is -0.150. The van der Waals surface area contributed by atoms with Crippen molar-refractivity contribution in [3.63, 3.8) is 0 Å². The summed E-state index contributed by atoms with van der Waals surface area (Å²) in [6, 6.07) is -1.18. The van der Waals surface area contributed by atoms with Crippen LogP contribution in [0.5, 0.6) is 0 Å². The number of carbonyl (C=O) groups excluding carboxylic acids is 3. The van der Waals surface area contributed by atoms with Gasteiger partial charge < -0.3 is 9.64 Å². The van der Waals surface area contributed by atoms with E-state index in [4.69, 9.17) is 11.6 Å². The van der Waals surface area contributed by atoms with E-state index in [1.54, 1.807) is 0 Å². The van der Waals surface area contributed by atoms with Gasteiger partial charge >= 0.3 is 12.0 Å². The number of Topliss-reactive ketones (excluding diaryl/α,β-unsaturated/α-hetero) is 1. The minimum atomic E-state index is -0.839. The molecule has 7 heteroatoms. The molecule has 1 aliphatic heterocycles. The molecule has 17 heavy (non-hydrogen) atoms. The maximum atomic E-state index is 11.5. The number of esters is 1. The van der Waals surface area contributed by atoms with Crippen LogP contribution in [0.1, 0.15) is 13.3 Å². The first-order chi connectivity index (χ1) is 7.88. The van der Waals surface area contributed by atoms with Gasteiger partial charge in [-0.1, -0.05) is 0 Å². The molecule has 0 fully saturated rings. The molecule has 0 saturated heterocycles. The van der Waals surface area contributed by atoms with Crippen LogP contribution in [0, 0.1) is 0 Å². The fraction of sp³-hybridized carbons (Fsp3) is 0.600. The van der Waals surface area contributed by atoms with Gasteiger partial charge in [0.25, 0.3) is 0 Å². The van der Waals surface area contributed by atoms with Gasteiger partial charge in [0, 0.05) is 13.5 Å². The summed E-state index contributed by atoms with van der Waals surface area (Å²) in [6.45, 7) is 1.39. The van der Waals surface area contributed by atoms with E-state index in [1.165, 1.54) is 26.0 Å². The van der Waals surface area contributed by atoms with E-state index in [9.17, 15) is 14.4 Å². The maximum Gasteiger partial charge on any atom is 0.354 e. The Bertz CT molecular complexity index is 394. The summed E-state index contributed by atoms with van der Waals surface area (Å²) in [5.74, 6) is -0.869. The number of nitrogens with zero attached hydrogens (tertiary/aromatic N) is 2. The van der Waals surface area contributed by atoms with Crippen molar-refractivity contribution in [2.24, 2.45) is 4.99 Å². The number of alkyl halides is 1. The van der Waals surface area contributed by atoms with E-state index < -0.39 is 23.4 Å². The number of aliphatic imine (C=N–C) groups is 1. The van der Waals surface area contributed by atoms with Crippen LogP contribution >= 0.6 is 11.6 Å². The average Bonchev–Trinajstić information content (AvgIpc) is 2.28. The molecule has 6 nitrogen and oxygen atoms in total. The first-order valence-electron chi connectivity index (χ1n) is 4.95. The quantitative estimate of drug-likeness (QED) is 0.551. The average molecular weight is 261 g/mol. The van der Waals surface area contributed by atoms with Gasteiger partial charge in [0.1, 0.15) is 11.2 Å². The monoisotopic (exact) mass is 260 g/mol. The van der Waals surface area contributed by atoms with Crippen molar-refractivity contribution >= 4 is 35.1 Å². The van der Waals surface area contributed by atoms with Gasteiger partial charge in [-0.3, -0.25) is 4.79 Å². The Morgan fingerprint density at radius 2 is 2.12 bits per heavy atom. The van der Waals surface area contributed by atoms with Crippen molar-refractivity contribution in [1.82, 2.24) is 4.90 Å². The molecule has 0 aliphatic carbocycles. The molecular weight excluding hydrogens is 248 g/mol. The molecule has 94 valence electrons. The molecule has 2 amide bonds. The molecule has 2 unspecified atom stereocenters. The van der Waals surface area contributed by atoms with Crippen LogP contribution in [0.3, 0.4) is 0 Å². The van der Waals surface area contributed by atoms with Crippen LogP contribution in [0.4, 0.5) is 4.79 Å². The molecule has 0 N–H and O–H groups in total. The molecule has 0 aromatic rings. The summed E-state index contributed by atoms with van der Waals surface area (Å²) in [5, 5.41) is -0.839. The SMILES string of the molecule is COC(=O)C1=NC(=O)N(C)C(CC(C)=O)C1Cl. The zero-order valence-corrected chi connectivity index (χ0v) is 10.5. The number of carbonyl (C=O) groups is 3. The van der Waals surface area contributed by atoms with E-state index in [2.05, 4.69) is 9.73 Å². The molecule has 0 aromatic carbocycles. The van der Waals surface area contributed by atoms with E-state index in [-0.39, 0.29) is 17.9 Å². The fourth-order valence-corrected chi connectivity index (χ4v) is 1.96. The Kier molecular flexibility index (Phi) is 4.22. The van der Waals surface area contributed by atoms with Gasteiger partial charge in [0.2, 0.25) is 0 Å². The zero-order valence-electron chi connectivity index (χ0n) is 9.77. The second-order valence-electron chi connectivity index (χ2n) is 3.76. The minimum Gasteiger partial charge on any atom is -0.464 e. The van der Waals surface area contributed by atoms with E-state index >= 15 is 0 Å². The van der Waals surface area contributed by atoms with Crippen molar-refractivity contribution in [1.29, 1.82) is 0 Å². The van der Waals surface area contributed by atoms with Crippen LogP contribution in [0.25, 0.3) is 0 Å². The summed E-state index contributed by atoms with van der Waals surface area (Å²) >= 11 is 6.05. The summed E-state index contributed by atoms with van der Waals surface area (Å²) in [7, 11) is 2.67. The smallest absolute Gasteiger partial charge is 0.354 e. The van der Waals surface area contributed by atoms with Gasteiger partial charge in [0.15, 0.2) is 5.71 Å². The molecule has 2 atom stereocenters. The van der Waals surface area contributed by atoms with Crippen LogP contribution < -0.4 is 0 Å². The number of methoxy groups -OCH3 is 1. The number of hydrogen-bond acceptors (Lipinski definition) is 4. The van der Waals surface area contributed by atoms with Crippen molar-refractivity contribution in [2.45, 2.75) is 24.8 Å². The highest BCUT2D eigenvalue weighted by Gasteiger charge is 2.39. The lowest BCUT2D eigenvalue weighted by Crippen LogP contribution is -2.51. The topological polar surface area (TPSA) is 76.0 Å². The second kappa shape index (κ2) is 5.27. The number of halogens is 1. The van der Waals surface area contributed by atoms with E-state index in [0.29, 0.717) is 0 Å². The largest absolute Gasteiger partial charge is 0.464 e. The van der Waals surface area contributed by atoms with E-state index in [1.807, 2.05) is 0 Å². The third-order valence-corrected chi connectivity index (χ3v) is 3.00. The summed E-state index contributed by atoms with van der Waals surface area (Å²) in [6.07, 6.45) is 0.0758. The molecule has 0 spiro atoms. The first kappa shape index (κ1) is 13.6. The highest BCUT2D eigenvalue weighted by molar-refractivity contribution is 6.51. The van der Waals surface area contributed by atoms with Gasteiger partial charge in [0.05, 0.1) is 13.2 Å². The third kappa shape index (κ3) is 2.82. The third-order valence-electron chi connectivity index (χ3n) is 2.51. The van der Waals surface area contributed by atoms with Gasteiger partial charge in [-0.2, -0.15) is 4.99 Å². The van der Waals surface area contributed by atoms with Crippen molar-refractivity contribution < 1.29 is 19.1 Å². The van der Waals surface area contributed by atoms with Crippen molar-refractivity contribution in [3.8, 4) is 0 Å². The number of ketones is 1. The molecule has 1 heterocycles. The number of rotatable bonds is 3. The summed E-state index contributed by atoms with van der Waals surface area (Å²) < 4.78 is 4.49. The lowest BCUT2D eigenvalue weighted by atomic mass is 10.0. The van der Waals surface area contributed by atoms with Crippen molar-refractivity contribution in [2.75, 3.05) is 14.2 Å². The molecule has 0 bridgehead atoms. The molecule has 1 aliphatic rings. The highest BCUT2D eigenvalue weighted by atomic mass is 35.5. The highest BCUT2D eigenvalue weighted by Crippen LogP contribution is 2.21. The van der Waals surface area contributed by atoms with Crippen LogP contribution in [0.15, 0.2) is 4.99 Å². The van der Waals surface area contributed by atoms with Crippen LogP contribution in [-0.2, 0) is 14.3 Å². The molecule has 1 rings (SSSR count). The molecular formula is C10H13ClN2O4. The Morgan fingerprint density at radius 3 is 2.59 bits per heavy atom. The molecule has 0 saturated carbocycles. The number of urea groups is 1. The lowest BCUT2D eigenvalue weighted by molar-refractivity contribution is -0.133. The normalized spacial score (nSPS) is 24.4. The fourth-order valence-electron chi connectivity index (χ4n) is 1.56. The van der Waals surface area contributed by atoms with Gasteiger partial charge in [-0.15, -0.1) is 11.6 Å². The van der Waals surface area contributed by atoms with Crippen LogP contribution in [0.2, 0.25) is 0 Å². The Labute approximate surface area is 104 Å². The Morgan fingerprint density at radius 1 is 1.53 bits per heavy atom. The Balaban J connectivity index is 3.03. The van der Waals surface area contributed by atoms with Gasteiger partial charge in [-0.25, -0.2) is 9.59 Å². The lowest BCUT2D eigenvalue weighted by Gasteiger charge is -2.33. The summed E-state index contributed by atoms with van der Waals surface area (Å²) in [4.78, 5) is 38.8. The Hall–Kier alpha value is -1.43. The predicted molar refractivity (Wildman–Crippen MR) is 61.3 cm³/mol. The van der Waals surface area contributed by atoms with Gasteiger partial charge in [-0.05, 0) is 6.92 Å². The van der Waals surface area contributed by atoms with Crippen molar-refractivity contribution in [3.05, 3.63) is 0 Å². The first-order valence-corrected chi connectivity index (χ1v) is 5.39. The number of ether oxygens (including phenoxy) is 1. The van der Waals surface area contributed by atoms with Crippen LogP contribution in [-0.4, -0.2) is 54.0 Å². The second-order valence-corrected chi connectivity index (χ2v) is 4.23. The molecule has 0 aromatic heterocycles. The predicted octanol–water partition coefficient (Wildman–Crippen LogP) is 0.621. The minimum absolute atomic E-state index is 0.0758. The zero-order chi connectivity index (χ0) is 13.2. The van der Waals surface area contributed by atoms with E-state index in [0.717, 1.165) is 0 Å².